The molecule has 1 N–H and O–H groups in total. The largest absolute Gasteiger partial charge is 0.395 e. The lowest BCUT2D eigenvalue weighted by Gasteiger charge is -2.23. The molecular formula is C16H21FN2O3. The summed E-state index contributed by atoms with van der Waals surface area (Å²) in [5.74, 6) is -1.36. The maximum absolute atomic E-state index is 14.0. The number of amides is 2. The van der Waals surface area contributed by atoms with Gasteiger partial charge in [-0.25, -0.2) is 4.39 Å². The Morgan fingerprint density at radius 1 is 1.50 bits per heavy atom. The van der Waals surface area contributed by atoms with Gasteiger partial charge in [-0.3, -0.25) is 9.59 Å². The maximum atomic E-state index is 14.0. The van der Waals surface area contributed by atoms with E-state index >= 15 is 0 Å². The first-order chi connectivity index (χ1) is 10.5. The van der Waals surface area contributed by atoms with Gasteiger partial charge in [0, 0.05) is 26.1 Å². The summed E-state index contributed by atoms with van der Waals surface area (Å²) in [6, 6.07) is 4.69. The summed E-state index contributed by atoms with van der Waals surface area (Å²) < 4.78 is 14.0. The highest BCUT2D eigenvalue weighted by Crippen LogP contribution is 2.28. The average Bonchev–Trinajstić information content (AvgIpc) is 2.86. The van der Waals surface area contributed by atoms with Gasteiger partial charge >= 0.3 is 0 Å². The summed E-state index contributed by atoms with van der Waals surface area (Å²) in [7, 11) is 0. The average molecular weight is 308 g/mol. The summed E-state index contributed by atoms with van der Waals surface area (Å²) in [6.45, 7) is 4.39. The molecule has 1 aromatic carbocycles. The van der Waals surface area contributed by atoms with E-state index in [1.165, 1.54) is 15.9 Å². The Bertz CT molecular complexity index is 577. The Morgan fingerprint density at radius 2 is 2.23 bits per heavy atom. The molecule has 0 spiro atoms. The standard InChI is InChI=1S/C16H21FN2O3/c1-3-18(6-7-20)16(22)12-9-15(21)19(10-12)14-5-4-11(2)8-13(14)17/h4-5,8,12,20H,3,6-7,9-10H2,1-2H3. The smallest absolute Gasteiger partial charge is 0.228 e. The third-order valence-corrected chi connectivity index (χ3v) is 3.93. The second kappa shape index (κ2) is 6.87. The number of aryl methyl sites for hydroxylation is 1. The lowest BCUT2D eigenvalue weighted by Crippen LogP contribution is -2.39. The van der Waals surface area contributed by atoms with Crippen molar-refractivity contribution in [2.75, 3.05) is 31.1 Å². The van der Waals surface area contributed by atoms with E-state index in [9.17, 15) is 14.0 Å². The molecule has 1 saturated heterocycles. The van der Waals surface area contributed by atoms with Crippen molar-refractivity contribution in [3.63, 3.8) is 0 Å². The number of carbonyl (C=O) groups is 2. The predicted molar refractivity (Wildman–Crippen MR) is 80.9 cm³/mol. The first-order valence-corrected chi connectivity index (χ1v) is 7.44. The van der Waals surface area contributed by atoms with Crippen LogP contribution in [-0.2, 0) is 9.59 Å². The molecule has 6 heteroatoms. The minimum absolute atomic E-state index is 0.0775. The topological polar surface area (TPSA) is 60.9 Å². The number of anilines is 1. The van der Waals surface area contributed by atoms with Crippen molar-refractivity contribution >= 4 is 17.5 Å². The quantitative estimate of drug-likeness (QED) is 0.892. The van der Waals surface area contributed by atoms with E-state index < -0.39 is 11.7 Å². The molecule has 5 nitrogen and oxygen atoms in total. The van der Waals surface area contributed by atoms with E-state index in [0.29, 0.717) is 6.54 Å². The molecule has 1 aliphatic heterocycles. The number of hydrogen-bond acceptors (Lipinski definition) is 3. The van der Waals surface area contributed by atoms with Crippen molar-refractivity contribution in [3.8, 4) is 0 Å². The third-order valence-electron chi connectivity index (χ3n) is 3.93. The van der Waals surface area contributed by atoms with Gasteiger partial charge in [0.05, 0.1) is 18.2 Å². The SMILES string of the molecule is CCN(CCO)C(=O)C1CC(=O)N(c2ccc(C)cc2F)C1. The molecule has 0 aromatic heterocycles. The second-order valence-electron chi connectivity index (χ2n) is 5.50. The van der Waals surface area contributed by atoms with E-state index in [1.807, 2.05) is 6.92 Å². The third kappa shape index (κ3) is 3.27. The Hall–Kier alpha value is -1.95. The Kier molecular flexibility index (Phi) is 5.13. The van der Waals surface area contributed by atoms with Crippen molar-refractivity contribution in [2.45, 2.75) is 20.3 Å². The number of nitrogens with zero attached hydrogens (tertiary/aromatic N) is 2. The van der Waals surface area contributed by atoms with E-state index in [-0.39, 0.29) is 43.6 Å². The van der Waals surface area contributed by atoms with E-state index in [2.05, 4.69) is 0 Å². The summed E-state index contributed by atoms with van der Waals surface area (Å²) in [4.78, 5) is 27.4. The zero-order valence-electron chi connectivity index (χ0n) is 12.9. The molecule has 0 radical (unpaired) electrons. The van der Waals surface area contributed by atoms with Crippen LogP contribution in [0.4, 0.5) is 10.1 Å². The molecular weight excluding hydrogens is 287 g/mol. The maximum Gasteiger partial charge on any atom is 0.228 e. The van der Waals surface area contributed by atoms with E-state index in [0.717, 1.165) is 5.56 Å². The first-order valence-electron chi connectivity index (χ1n) is 7.44. The van der Waals surface area contributed by atoms with Gasteiger partial charge in [0.1, 0.15) is 5.82 Å². The van der Waals surface area contributed by atoms with Gasteiger partial charge in [0.25, 0.3) is 0 Å². The fourth-order valence-corrected chi connectivity index (χ4v) is 2.74. The van der Waals surface area contributed by atoms with Crippen LogP contribution in [0.25, 0.3) is 0 Å². The van der Waals surface area contributed by atoms with Gasteiger partial charge in [0.2, 0.25) is 11.8 Å². The van der Waals surface area contributed by atoms with Crippen molar-refractivity contribution in [1.82, 2.24) is 4.90 Å². The van der Waals surface area contributed by atoms with Crippen LogP contribution >= 0.6 is 0 Å². The summed E-state index contributed by atoms with van der Waals surface area (Å²) in [6.07, 6.45) is 0.0775. The fraction of sp³-hybridized carbons (Fsp3) is 0.500. The first kappa shape index (κ1) is 16.4. The van der Waals surface area contributed by atoms with Crippen LogP contribution in [-0.4, -0.2) is 48.1 Å². The molecule has 1 fully saturated rings. The van der Waals surface area contributed by atoms with E-state index in [1.54, 1.807) is 19.1 Å². The molecule has 0 bridgehead atoms. The molecule has 22 heavy (non-hydrogen) atoms. The van der Waals surface area contributed by atoms with Gasteiger partial charge < -0.3 is 14.9 Å². The van der Waals surface area contributed by atoms with Gasteiger partial charge in [0.15, 0.2) is 0 Å². The second-order valence-corrected chi connectivity index (χ2v) is 5.50. The minimum atomic E-state index is -0.486. The van der Waals surface area contributed by atoms with Crippen molar-refractivity contribution in [1.29, 1.82) is 0 Å². The van der Waals surface area contributed by atoms with Gasteiger partial charge in [-0.1, -0.05) is 6.07 Å². The number of aliphatic hydroxyl groups excluding tert-OH is 1. The lowest BCUT2D eigenvalue weighted by atomic mass is 10.1. The molecule has 1 atom stereocenters. The molecule has 1 heterocycles. The predicted octanol–water partition coefficient (Wildman–Crippen LogP) is 1.33. The monoisotopic (exact) mass is 308 g/mol. The zero-order chi connectivity index (χ0) is 16.3. The molecule has 1 unspecified atom stereocenters. The fourth-order valence-electron chi connectivity index (χ4n) is 2.74. The van der Waals surface area contributed by atoms with Gasteiger partial charge in [-0.2, -0.15) is 0 Å². The highest BCUT2D eigenvalue weighted by molar-refractivity contribution is 6.00. The molecule has 1 aliphatic rings. The molecule has 0 saturated carbocycles. The number of hydrogen-bond donors (Lipinski definition) is 1. The van der Waals surface area contributed by atoms with Crippen LogP contribution in [0.1, 0.15) is 18.9 Å². The van der Waals surface area contributed by atoms with Crippen molar-refractivity contribution < 1.29 is 19.1 Å². The molecule has 0 aliphatic carbocycles. The van der Waals surface area contributed by atoms with Crippen LogP contribution in [0.2, 0.25) is 0 Å². The summed E-state index contributed by atoms with van der Waals surface area (Å²) >= 11 is 0. The van der Waals surface area contributed by atoms with Crippen LogP contribution in [0, 0.1) is 18.7 Å². The van der Waals surface area contributed by atoms with Gasteiger partial charge in [-0.05, 0) is 31.5 Å². The van der Waals surface area contributed by atoms with Crippen molar-refractivity contribution in [3.05, 3.63) is 29.6 Å². The molecule has 2 rings (SSSR count). The number of benzene rings is 1. The number of rotatable bonds is 5. The van der Waals surface area contributed by atoms with E-state index in [4.69, 9.17) is 5.11 Å². The number of halogens is 1. The lowest BCUT2D eigenvalue weighted by molar-refractivity contribution is -0.136. The number of carbonyl (C=O) groups excluding carboxylic acids is 2. The Balaban J connectivity index is 2.15. The highest BCUT2D eigenvalue weighted by atomic mass is 19.1. The highest BCUT2D eigenvalue weighted by Gasteiger charge is 2.37. The minimum Gasteiger partial charge on any atom is -0.395 e. The number of aliphatic hydroxyl groups is 1. The van der Waals surface area contributed by atoms with Crippen LogP contribution in [0.15, 0.2) is 18.2 Å². The van der Waals surface area contributed by atoms with Crippen LogP contribution in [0.5, 0.6) is 0 Å². The summed E-state index contributed by atoms with van der Waals surface area (Å²) in [5, 5.41) is 8.98. The van der Waals surface area contributed by atoms with Crippen molar-refractivity contribution in [2.24, 2.45) is 5.92 Å². The van der Waals surface area contributed by atoms with Crippen LogP contribution < -0.4 is 4.90 Å². The Labute approximate surface area is 129 Å². The Morgan fingerprint density at radius 3 is 2.82 bits per heavy atom. The molecule has 2 amide bonds. The zero-order valence-corrected chi connectivity index (χ0v) is 12.9. The molecule has 1 aromatic rings. The van der Waals surface area contributed by atoms with Gasteiger partial charge in [-0.15, -0.1) is 0 Å². The summed E-state index contributed by atoms with van der Waals surface area (Å²) in [5.41, 5.74) is 0.997. The number of likely N-dealkylation sites (N-methyl/N-ethyl adjacent to an activating group) is 1. The van der Waals surface area contributed by atoms with Crippen LogP contribution in [0.3, 0.4) is 0 Å². The normalized spacial score (nSPS) is 17.9. The molecule has 120 valence electrons.